The smallest absolute Gasteiger partial charge is 0.360 e. The van der Waals surface area contributed by atoms with Crippen LogP contribution >= 0.6 is 11.6 Å². The fraction of sp³-hybridized carbons (Fsp3) is 0.182. The van der Waals surface area contributed by atoms with Crippen LogP contribution in [0.25, 0.3) is 0 Å². The maximum absolute atomic E-state index is 11.9. The van der Waals surface area contributed by atoms with Gasteiger partial charge >= 0.3 is 10.1 Å². The van der Waals surface area contributed by atoms with Crippen LogP contribution in [0.5, 0.6) is 5.75 Å². The van der Waals surface area contributed by atoms with Gasteiger partial charge in [0.15, 0.2) is 5.15 Å². The molecule has 7 heteroatoms. The number of aromatic nitrogens is 2. The Morgan fingerprint density at radius 2 is 1.89 bits per heavy atom. The van der Waals surface area contributed by atoms with Gasteiger partial charge in [-0.1, -0.05) is 29.3 Å². The zero-order valence-electron chi connectivity index (χ0n) is 9.79. The largest absolute Gasteiger partial charge is 0.378 e. The molecule has 0 N–H and O–H groups in total. The summed E-state index contributed by atoms with van der Waals surface area (Å²) in [5.74, 6) is 0.224. The Morgan fingerprint density at radius 3 is 2.39 bits per heavy atom. The lowest BCUT2D eigenvalue weighted by molar-refractivity contribution is 0.483. The first-order valence-corrected chi connectivity index (χ1v) is 6.87. The van der Waals surface area contributed by atoms with Crippen molar-refractivity contribution >= 4 is 21.7 Å². The Labute approximate surface area is 110 Å². The Morgan fingerprint density at radius 1 is 1.28 bits per heavy atom. The predicted molar refractivity (Wildman–Crippen MR) is 67.2 cm³/mol. The second-order valence-corrected chi connectivity index (χ2v) is 5.62. The van der Waals surface area contributed by atoms with Gasteiger partial charge in [-0.2, -0.15) is 8.42 Å². The van der Waals surface area contributed by atoms with Crippen molar-refractivity contribution in [2.75, 3.05) is 0 Å². The average Bonchev–Trinajstić information content (AvgIpc) is 2.63. The first-order valence-electron chi connectivity index (χ1n) is 5.08. The molecule has 5 nitrogen and oxygen atoms in total. The number of imidazole rings is 1. The van der Waals surface area contributed by atoms with E-state index in [2.05, 4.69) is 4.98 Å². The van der Waals surface area contributed by atoms with E-state index in [9.17, 15) is 8.42 Å². The Hall–Kier alpha value is -1.53. The number of aryl methyl sites for hydroxylation is 2. The zero-order chi connectivity index (χ0) is 13.3. The van der Waals surface area contributed by atoms with E-state index in [1.807, 2.05) is 6.92 Å². The highest BCUT2D eigenvalue weighted by atomic mass is 35.5. The minimum atomic E-state index is -4.00. The van der Waals surface area contributed by atoms with E-state index in [4.69, 9.17) is 15.8 Å². The van der Waals surface area contributed by atoms with Crippen LogP contribution in [-0.2, 0) is 17.2 Å². The van der Waals surface area contributed by atoms with Gasteiger partial charge in [-0.25, -0.2) is 4.98 Å². The molecule has 0 spiro atoms. The second-order valence-electron chi connectivity index (χ2n) is 3.80. The zero-order valence-corrected chi connectivity index (χ0v) is 11.4. The maximum atomic E-state index is 11.9. The Bertz CT molecular complexity index is 662. The van der Waals surface area contributed by atoms with Crippen molar-refractivity contribution in [3.63, 3.8) is 0 Å². The van der Waals surface area contributed by atoms with E-state index < -0.39 is 10.1 Å². The number of halogens is 1. The monoisotopic (exact) mass is 286 g/mol. The van der Waals surface area contributed by atoms with E-state index >= 15 is 0 Å². The lowest BCUT2D eigenvalue weighted by Crippen LogP contribution is -2.11. The van der Waals surface area contributed by atoms with Crippen molar-refractivity contribution < 1.29 is 12.6 Å². The van der Waals surface area contributed by atoms with Crippen molar-refractivity contribution in [1.82, 2.24) is 9.55 Å². The molecule has 1 aromatic heterocycles. The molecular weight excluding hydrogens is 276 g/mol. The summed E-state index contributed by atoms with van der Waals surface area (Å²) in [7, 11) is -2.40. The summed E-state index contributed by atoms with van der Waals surface area (Å²) in [4.78, 5) is 3.72. The fourth-order valence-corrected chi connectivity index (χ4v) is 2.67. The number of benzene rings is 1. The topological polar surface area (TPSA) is 61.2 Å². The highest BCUT2D eigenvalue weighted by Gasteiger charge is 2.24. The van der Waals surface area contributed by atoms with Crippen molar-refractivity contribution in [2.45, 2.75) is 11.9 Å². The molecule has 0 aliphatic heterocycles. The molecule has 0 saturated carbocycles. The molecule has 0 fully saturated rings. The molecule has 0 aliphatic carbocycles. The molecule has 0 aliphatic rings. The summed E-state index contributed by atoms with van der Waals surface area (Å²) in [5, 5.41) is -0.269. The fourth-order valence-electron chi connectivity index (χ4n) is 1.32. The quantitative estimate of drug-likeness (QED) is 0.811. The second kappa shape index (κ2) is 4.62. The molecule has 2 aromatic rings. The van der Waals surface area contributed by atoms with Crippen LogP contribution < -0.4 is 4.18 Å². The first-order chi connectivity index (χ1) is 8.40. The van der Waals surface area contributed by atoms with E-state index in [0.717, 1.165) is 5.56 Å². The number of hydrogen-bond donors (Lipinski definition) is 0. The molecule has 0 radical (unpaired) electrons. The molecule has 0 atom stereocenters. The summed E-state index contributed by atoms with van der Waals surface area (Å²) in [5.41, 5.74) is 1.01. The van der Waals surface area contributed by atoms with Crippen LogP contribution in [0.1, 0.15) is 5.56 Å². The van der Waals surface area contributed by atoms with Gasteiger partial charge in [-0.05, 0) is 19.1 Å². The minimum absolute atomic E-state index is 0.0158. The van der Waals surface area contributed by atoms with Gasteiger partial charge < -0.3 is 8.75 Å². The van der Waals surface area contributed by atoms with E-state index in [0.29, 0.717) is 0 Å². The van der Waals surface area contributed by atoms with Crippen molar-refractivity contribution in [2.24, 2.45) is 7.05 Å². The maximum Gasteiger partial charge on any atom is 0.360 e. The highest BCUT2D eigenvalue weighted by Crippen LogP contribution is 2.23. The predicted octanol–water partition coefficient (Wildman–Crippen LogP) is 2.15. The van der Waals surface area contributed by atoms with Crippen LogP contribution in [0.15, 0.2) is 35.6 Å². The third-order valence-electron chi connectivity index (χ3n) is 2.30. The lowest BCUT2D eigenvalue weighted by Gasteiger charge is -2.05. The minimum Gasteiger partial charge on any atom is -0.378 e. The van der Waals surface area contributed by atoms with Gasteiger partial charge in [0.25, 0.3) is 0 Å². The lowest BCUT2D eigenvalue weighted by atomic mass is 10.2. The molecule has 96 valence electrons. The molecule has 18 heavy (non-hydrogen) atoms. The summed E-state index contributed by atoms with van der Waals surface area (Å²) in [6.45, 7) is 1.90. The van der Waals surface area contributed by atoms with Gasteiger partial charge in [0, 0.05) is 7.05 Å². The van der Waals surface area contributed by atoms with Crippen LogP contribution in [0.3, 0.4) is 0 Å². The summed E-state index contributed by atoms with van der Waals surface area (Å²) >= 11 is 5.83. The van der Waals surface area contributed by atoms with E-state index in [-0.39, 0.29) is 15.9 Å². The highest BCUT2D eigenvalue weighted by molar-refractivity contribution is 7.87. The van der Waals surface area contributed by atoms with E-state index in [1.165, 1.54) is 10.9 Å². The standard InChI is InChI=1S/C11H11ClN2O3S/c1-8-3-5-9(6-4-8)17-18(15,16)11-10(12)14(2)7-13-11/h3-7H,1-2H3. The van der Waals surface area contributed by atoms with E-state index in [1.54, 1.807) is 31.3 Å². The van der Waals surface area contributed by atoms with Crippen LogP contribution in [0.2, 0.25) is 5.15 Å². The molecule has 0 saturated heterocycles. The number of rotatable bonds is 3. The molecule has 0 unspecified atom stereocenters. The van der Waals surface area contributed by atoms with Gasteiger partial charge in [-0.3, -0.25) is 0 Å². The molecule has 1 aromatic carbocycles. The van der Waals surface area contributed by atoms with Crippen molar-refractivity contribution in [1.29, 1.82) is 0 Å². The van der Waals surface area contributed by atoms with Crippen LogP contribution in [-0.4, -0.2) is 18.0 Å². The van der Waals surface area contributed by atoms with Gasteiger partial charge in [-0.15, -0.1) is 0 Å². The average molecular weight is 287 g/mol. The van der Waals surface area contributed by atoms with Crippen molar-refractivity contribution in [3.05, 3.63) is 41.3 Å². The summed E-state index contributed by atoms with van der Waals surface area (Å²) in [6.07, 6.45) is 1.31. The van der Waals surface area contributed by atoms with Crippen molar-refractivity contribution in [3.8, 4) is 5.75 Å². The molecule has 2 rings (SSSR count). The normalized spacial score (nSPS) is 11.5. The first kappa shape index (κ1) is 12.9. The Kier molecular flexibility index (Phi) is 3.32. The van der Waals surface area contributed by atoms with Gasteiger partial charge in [0.05, 0.1) is 6.33 Å². The molecule has 0 bridgehead atoms. The molecular formula is C11H11ClN2O3S. The number of hydrogen-bond acceptors (Lipinski definition) is 4. The van der Waals surface area contributed by atoms with Gasteiger partial charge in [0.2, 0.25) is 5.03 Å². The number of nitrogens with zero attached hydrogens (tertiary/aromatic N) is 2. The van der Waals surface area contributed by atoms with Crippen LogP contribution in [0.4, 0.5) is 0 Å². The SMILES string of the molecule is Cc1ccc(OS(=O)(=O)c2ncn(C)c2Cl)cc1. The third-order valence-corrected chi connectivity index (χ3v) is 4.04. The van der Waals surface area contributed by atoms with Crippen LogP contribution in [0, 0.1) is 6.92 Å². The summed E-state index contributed by atoms with van der Waals surface area (Å²) < 4.78 is 30.2. The summed E-state index contributed by atoms with van der Waals surface area (Å²) in [6, 6.07) is 6.66. The molecule has 1 heterocycles. The molecule has 0 amide bonds. The Balaban J connectivity index is 2.33. The van der Waals surface area contributed by atoms with Gasteiger partial charge in [0.1, 0.15) is 5.75 Å². The third kappa shape index (κ3) is 2.49.